The summed E-state index contributed by atoms with van der Waals surface area (Å²) in [7, 11) is 0. The van der Waals surface area contributed by atoms with E-state index in [9.17, 15) is 0 Å². The molecule has 0 saturated carbocycles. The van der Waals surface area contributed by atoms with Crippen molar-refractivity contribution in [3.63, 3.8) is 0 Å². The Bertz CT molecular complexity index is 2980. The van der Waals surface area contributed by atoms with Crippen LogP contribution >= 0.6 is 0 Å². The molecule has 0 atom stereocenters. The van der Waals surface area contributed by atoms with Crippen molar-refractivity contribution in [3.8, 4) is 0 Å². The van der Waals surface area contributed by atoms with Gasteiger partial charge in [-0.3, -0.25) is 0 Å². The molecule has 0 bridgehead atoms. The lowest BCUT2D eigenvalue weighted by atomic mass is 10.0. The molecule has 0 spiro atoms. The van der Waals surface area contributed by atoms with E-state index in [0.717, 1.165) is 99.5 Å². The maximum Gasteiger partial charge on any atom is 0.143 e. The van der Waals surface area contributed by atoms with Gasteiger partial charge in [-0.05, 0) is 125 Å². The number of anilines is 6. The molecular weight excluding hydrogens is 661 g/mol. The summed E-state index contributed by atoms with van der Waals surface area (Å²) in [5, 5.41) is 8.72. The van der Waals surface area contributed by atoms with E-state index < -0.39 is 0 Å². The highest BCUT2D eigenvalue weighted by molar-refractivity contribution is 6.20. The largest absolute Gasteiger partial charge is 0.456 e. The zero-order valence-corrected chi connectivity index (χ0v) is 29.2. The molecule has 0 amide bonds. The number of para-hydroxylation sites is 4. The van der Waals surface area contributed by atoms with E-state index in [1.165, 1.54) is 0 Å². The minimum Gasteiger partial charge on any atom is -0.456 e. The van der Waals surface area contributed by atoms with Gasteiger partial charge in [0.1, 0.15) is 22.3 Å². The zero-order valence-electron chi connectivity index (χ0n) is 29.2. The van der Waals surface area contributed by atoms with E-state index in [-0.39, 0.29) is 0 Å². The van der Waals surface area contributed by atoms with E-state index in [4.69, 9.17) is 8.83 Å². The number of nitrogens with zero attached hydrogens (tertiary/aromatic N) is 2. The van der Waals surface area contributed by atoms with Crippen LogP contribution in [0.4, 0.5) is 34.1 Å². The van der Waals surface area contributed by atoms with Gasteiger partial charge in [-0.25, -0.2) is 0 Å². The lowest BCUT2D eigenvalue weighted by molar-refractivity contribution is 0.666. The summed E-state index contributed by atoms with van der Waals surface area (Å²) in [6.45, 7) is 0. The first-order valence-corrected chi connectivity index (χ1v) is 18.2. The molecule has 0 aliphatic carbocycles. The van der Waals surface area contributed by atoms with Crippen LogP contribution in [0.15, 0.2) is 203 Å². The van der Waals surface area contributed by atoms with Crippen molar-refractivity contribution in [2.75, 3.05) is 9.80 Å². The molecule has 0 aliphatic rings. The fourth-order valence-corrected chi connectivity index (χ4v) is 8.03. The summed E-state index contributed by atoms with van der Waals surface area (Å²) in [6, 6.07) is 68.3. The normalized spacial score (nSPS) is 11.7. The Hall–Kier alpha value is -7.30. The second-order valence-electron chi connectivity index (χ2n) is 13.8. The third-order valence-corrected chi connectivity index (χ3v) is 10.5. The topological polar surface area (TPSA) is 32.8 Å². The van der Waals surface area contributed by atoms with E-state index in [0.29, 0.717) is 0 Å². The molecule has 254 valence electrons. The van der Waals surface area contributed by atoms with Gasteiger partial charge in [0.25, 0.3) is 0 Å². The highest BCUT2D eigenvalue weighted by atomic mass is 16.3. The van der Waals surface area contributed by atoms with Gasteiger partial charge in [-0.2, -0.15) is 0 Å². The van der Waals surface area contributed by atoms with Crippen molar-refractivity contribution < 1.29 is 8.83 Å². The van der Waals surface area contributed by atoms with Gasteiger partial charge in [0.2, 0.25) is 0 Å². The summed E-state index contributed by atoms with van der Waals surface area (Å²) in [5.41, 5.74) is 10.1. The maximum absolute atomic E-state index is 6.71. The molecule has 0 fully saturated rings. The molecule has 0 saturated heterocycles. The number of hydrogen-bond donors (Lipinski definition) is 0. The predicted octanol–water partition coefficient (Wildman–Crippen LogP) is 14.7. The minimum atomic E-state index is 0.850. The Labute approximate surface area is 311 Å². The zero-order chi connectivity index (χ0) is 35.6. The molecule has 11 aromatic rings. The summed E-state index contributed by atoms with van der Waals surface area (Å²) < 4.78 is 13.3. The first kappa shape index (κ1) is 30.3. The van der Waals surface area contributed by atoms with Crippen LogP contribution in [0.1, 0.15) is 0 Å². The van der Waals surface area contributed by atoms with Gasteiger partial charge < -0.3 is 18.6 Å². The van der Waals surface area contributed by atoms with Crippen LogP contribution in [0, 0.1) is 0 Å². The Morgan fingerprint density at radius 2 is 0.685 bits per heavy atom. The molecule has 9 aromatic carbocycles. The third-order valence-electron chi connectivity index (χ3n) is 10.5. The Morgan fingerprint density at radius 1 is 0.259 bits per heavy atom. The molecule has 2 heterocycles. The second kappa shape index (κ2) is 12.1. The SMILES string of the molecule is c1ccc(N(c2ccccc2)c2ccc3cc4c(cc3c2)oc2cc3c(cc24)oc2c4ccc(N(c5ccccc5)c5ccccc5)cc4ccc32)cc1. The van der Waals surface area contributed by atoms with Gasteiger partial charge in [0, 0.05) is 61.1 Å². The van der Waals surface area contributed by atoms with Crippen molar-refractivity contribution in [3.05, 3.63) is 194 Å². The highest BCUT2D eigenvalue weighted by Crippen LogP contribution is 2.43. The van der Waals surface area contributed by atoms with Crippen molar-refractivity contribution in [1.29, 1.82) is 0 Å². The fourth-order valence-electron chi connectivity index (χ4n) is 8.03. The average Bonchev–Trinajstić information content (AvgIpc) is 3.77. The summed E-state index contributed by atoms with van der Waals surface area (Å²) in [5.74, 6) is 0. The van der Waals surface area contributed by atoms with Crippen molar-refractivity contribution >= 4 is 99.5 Å². The summed E-state index contributed by atoms with van der Waals surface area (Å²) >= 11 is 0. The fraction of sp³-hybridized carbons (Fsp3) is 0. The lowest BCUT2D eigenvalue weighted by Crippen LogP contribution is -2.09. The molecule has 2 aromatic heterocycles. The third kappa shape index (κ3) is 4.92. The molecule has 0 unspecified atom stereocenters. The number of rotatable bonds is 6. The van der Waals surface area contributed by atoms with Gasteiger partial charge >= 0.3 is 0 Å². The van der Waals surface area contributed by atoms with Crippen LogP contribution in [0.5, 0.6) is 0 Å². The minimum absolute atomic E-state index is 0.850. The van der Waals surface area contributed by atoms with Crippen molar-refractivity contribution in [2.45, 2.75) is 0 Å². The Kier molecular flexibility index (Phi) is 6.82. The van der Waals surface area contributed by atoms with E-state index >= 15 is 0 Å². The average molecular weight is 693 g/mol. The number of hydrogen-bond acceptors (Lipinski definition) is 4. The van der Waals surface area contributed by atoms with Crippen LogP contribution in [0.2, 0.25) is 0 Å². The van der Waals surface area contributed by atoms with Gasteiger partial charge in [-0.1, -0.05) is 84.9 Å². The standard InChI is InChI=1S/C50H32N2O2/c1-5-13-36(14-6-1)51(37-15-7-2-8-16-37)40-23-21-33-29-44-46-32-49-45(31-48(46)53-47(44)30-35(33)28-40)43-25-22-34-27-41(24-26-42(34)50(43)54-49)52(38-17-9-3-10-18-38)39-19-11-4-12-20-39/h1-32H. The van der Waals surface area contributed by atoms with Gasteiger partial charge in [0.15, 0.2) is 0 Å². The predicted molar refractivity (Wildman–Crippen MR) is 225 cm³/mol. The molecule has 4 nitrogen and oxygen atoms in total. The van der Waals surface area contributed by atoms with Crippen LogP contribution in [0.25, 0.3) is 65.4 Å². The van der Waals surface area contributed by atoms with E-state index in [2.05, 4.69) is 204 Å². The smallest absolute Gasteiger partial charge is 0.143 e. The highest BCUT2D eigenvalue weighted by Gasteiger charge is 2.19. The van der Waals surface area contributed by atoms with Crippen molar-refractivity contribution in [2.24, 2.45) is 0 Å². The second-order valence-corrected chi connectivity index (χ2v) is 13.8. The molecule has 11 rings (SSSR count). The quantitative estimate of drug-likeness (QED) is 0.174. The number of furan rings is 2. The van der Waals surface area contributed by atoms with E-state index in [1.807, 2.05) is 0 Å². The van der Waals surface area contributed by atoms with Gasteiger partial charge in [0.05, 0.1) is 0 Å². The lowest BCUT2D eigenvalue weighted by Gasteiger charge is -2.25. The summed E-state index contributed by atoms with van der Waals surface area (Å²) in [6.07, 6.45) is 0. The van der Waals surface area contributed by atoms with Crippen LogP contribution in [-0.4, -0.2) is 0 Å². The first-order valence-electron chi connectivity index (χ1n) is 18.2. The van der Waals surface area contributed by atoms with E-state index in [1.54, 1.807) is 0 Å². The molecule has 4 heteroatoms. The van der Waals surface area contributed by atoms with Gasteiger partial charge in [-0.15, -0.1) is 0 Å². The summed E-state index contributed by atoms with van der Waals surface area (Å²) in [4.78, 5) is 4.57. The van der Waals surface area contributed by atoms with Crippen molar-refractivity contribution in [1.82, 2.24) is 0 Å². The number of fused-ring (bicyclic) bond motifs is 9. The molecular formula is C50H32N2O2. The monoisotopic (exact) mass is 692 g/mol. The van der Waals surface area contributed by atoms with Crippen LogP contribution in [0.3, 0.4) is 0 Å². The molecule has 54 heavy (non-hydrogen) atoms. The maximum atomic E-state index is 6.71. The molecule has 0 N–H and O–H groups in total. The molecule has 0 aliphatic heterocycles. The van der Waals surface area contributed by atoms with Crippen LogP contribution < -0.4 is 9.80 Å². The Balaban J connectivity index is 1.01. The first-order chi connectivity index (χ1) is 26.7. The van der Waals surface area contributed by atoms with Crippen LogP contribution in [-0.2, 0) is 0 Å². The molecule has 0 radical (unpaired) electrons. The number of benzene rings is 9. The Morgan fingerprint density at radius 3 is 1.26 bits per heavy atom.